The molecule has 2 aromatic rings. The molecule has 2 heterocycles. The van der Waals surface area contributed by atoms with Gasteiger partial charge in [-0.05, 0) is 54.8 Å². The van der Waals surface area contributed by atoms with Crippen LogP contribution in [0.15, 0.2) is 52.5 Å². The predicted molar refractivity (Wildman–Crippen MR) is 107 cm³/mol. The molecule has 2 aliphatic heterocycles. The van der Waals surface area contributed by atoms with Crippen LogP contribution in [0.5, 0.6) is 11.5 Å². The van der Waals surface area contributed by atoms with E-state index in [2.05, 4.69) is 10.5 Å². The van der Waals surface area contributed by atoms with E-state index in [1.54, 1.807) is 30.3 Å². The van der Waals surface area contributed by atoms with Crippen molar-refractivity contribution in [2.24, 2.45) is 5.10 Å². The Kier molecular flexibility index (Phi) is 5.50. The molecule has 0 radical (unpaired) electrons. The van der Waals surface area contributed by atoms with Crippen molar-refractivity contribution < 1.29 is 22.7 Å². The lowest BCUT2D eigenvalue weighted by molar-refractivity contribution is 0.0955. The zero-order chi connectivity index (χ0) is 20.3. The standard InChI is InChI=1S/C20H21N3O5S/c24-20(22-21-13-15-7-8-18-19(11-15)28-14-27-18)16-5-4-6-17(12-16)29(25,26)23-9-2-1-3-10-23/h4-8,11-13H,1-3,9-10,14H2,(H,22,24)/b21-13-. The van der Waals surface area contributed by atoms with Gasteiger partial charge in [0.1, 0.15) is 0 Å². The van der Waals surface area contributed by atoms with E-state index in [0.717, 1.165) is 24.8 Å². The Bertz CT molecular complexity index is 1050. The molecule has 0 atom stereocenters. The molecule has 0 bridgehead atoms. The molecule has 0 spiro atoms. The minimum Gasteiger partial charge on any atom is -0.454 e. The first-order chi connectivity index (χ1) is 14.0. The first-order valence-corrected chi connectivity index (χ1v) is 10.8. The average Bonchev–Trinajstić information content (AvgIpc) is 3.22. The molecule has 0 saturated carbocycles. The number of benzene rings is 2. The van der Waals surface area contributed by atoms with Crippen molar-refractivity contribution in [3.63, 3.8) is 0 Å². The highest BCUT2D eigenvalue weighted by Gasteiger charge is 2.26. The number of fused-ring (bicyclic) bond motifs is 1. The summed E-state index contributed by atoms with van der Waals surface area (Å²) in [6.45, 7) is 1.21. The van der Waals surface area contributed by atoms with E-state index in [-0.39, 0.29) is 17.3 Å². The number of carbonyl (C=O) groups excluding carboxylic acids is 1. The number of carbonyl (C=O) groups is 1. The summed E-state index contributed by atoms with van der Waals surface area (Å²) < 4.78 is 37.6. The number of hydrogen-bond donors (Lipinski definition) is 1. The molecule has 1 N–H and O–H groups in total. The van der Waals surface area contributed by atoms with Crippen LogP contribution in [0.1, 0.15) is 35.2 Å². The van der Waals surface area contributed by atoms with Gasteiger partial charge in [0, 0.05) is 18.7 Å². The quantitative estimate of drug-likeness (QED) is 0.597. The number of nitrogens with one attached hydrogen (secondary N) is 1. The van der Waals surface area contributed by atoms with Gasteiger partial charge in [0.05, 0.1) is 11.1 Å². The Hall–Kier alpha value is -2.91. The Balaban J connectivity index is 1.44. The van der Waals surface area contributed by atoms with Crippen molar-refractivity contribution in [2.45, 2.75) is 24.2 Å². The van der Waals surface area contributed by atoms with Gasteiger partial charge >= 0.3 is 0 Å². The Morgan fingerprint density at radius 2 is 1.83 bits per heavy atom. The molecule has 1 amide bonds. The molecule has 152 valence electrons. The van der Waals surface area contributed by atoms with Gasteiger partial charge in [0.25, 0.3) is 5.91 Å². The number of amides is 1. The topological polar surface area (TPSA) is 97.3 Å². The molecule has 2 aliphatic rings. The van der Waals surface area contributed by atoms with Crippen molar-refractivity contribution >= 4 is 22.1 Å². The fourth-order valence-corrected chi connectivity index (χ4v) is 4.84. The summed E-state index contributed by atoms with van der Waals surface area (Å²) in [5, 5.41) is 3.94. The number of nitrogens with zero attached hydrogens (tertiary/aromatic N) is 2. The van der Waals surface area contributed by atoms with E-state index < -0.39 is 15.9 Å². The molecular weight excluding hydrogens is 394 g/mol. The molecule has 1 fully saturated rings. The highest BCUT2D eigenvalue weighted by Crippen LogP contribution is 2.32. The van der Waals surface area contributed by atoms with E-state index in [4.69, 9.17) is 9.47 Å². The van der Waals surface area contributed by atoms with Gasteiger partial charge in [-0.1, -0.05) is 12.5 Å². The van der Waals surface area contributed by atoms with Crippen LogP contribution < -0.4 is 14.9 Å². The SMILES string of the molecule is O=C(N/N=C\c1ccc2c(c1)OCO2)c1cccc(S(=O)(=O)N2CCCCC2)c1. The Labute approximate surface area is 169 Å². The molecule has 1 saturated heterocycles. The minimum atomic E-state index is -3.60. The van der Waals surface area contributed by atoms with Gasteiger partial charge in [0.15, 0.2) is 11.5 Å². The Morgan fingerprint density at radius 3 is 2.66 bits per heavy atom. The molecule has 0 unspecified atom stereocenters. The molecule has 0 aliphatic carbocycles. The lowest BCUT2D eigenvalue weighted by Gasteiger charge is -2.25. The van der Waals surface area contributed by atoms with Crippen LogP contribution in [-0.4, -0.2) is 44.7 Å². The van der Waals surface area contributed by atoms with Crippen LogP contribution in [-0.2, 0) is 10.0 Å². The van der Waals surface area contributed by atoms with Gasteiger partial charge < -0.3 is 9.47 Å². The van der Waals surface area contributed by atoms with Crippen molar-refractivity contribution in [1.82, 2.24) is 9.73 Å². The monoisotopic (exact) mass is 415 g/mol. The van der Waals surface area contributed by atoms with Crippen molar-refractivity contribution in [3.05, 3.63) is 53.6 Å². The van der Waals surface area contributed by atoms with Crippen LogP contribution in [0.25, 0.3) is 0 Å². The highest BCUT2D eigenvalue weighted by molar-refractivity contribution is 7.89. The largest absolute Gasteiger partial charge is 0.454 e. The zero-order valence-electron chi connectivity index (χ0n) is 15.7. The van der Waals surface area contributed by atoms with Gasteiger partial charge in [-0.2, -0.15) is 9.41 Å². The van der Waals surface area contributed by atoms with E-state index in [9.17, 15) is 13.2 Å². The lowest BCUT2D eigenvalue weighted by atomic mass is 10.2. The Morgan fingerprint density at radius 1 is 1.03 bits per heavy atom. The summed E-state index contributed by atoms with van der Waals surface area (Å²) in [5.41, 5.74) is 3.38. The van der Waals surface area contributed by atoms with Crippen LogP contribution >= 0.6 is 0 Å². The van der Waals surface area contributed by atoms with Crippen LogP contribution in [0, 0.1) is 0 Å². The summed E-state index contributed by atoms with van der Waals surface area (Å²) in [6.07, 6.45) is 4.23. The van der Waals surface area contributed by atoms with Gasteiger partial charge in [0.2, 0.25) is 16.8 Å². The fraction of sp³-hybridized carbons (Fsp3) is 0.300. The summed E-state index contributed by atoms with van der Waals surface area (Å²) in [4.78, 5) is 12.5. The first-order valence-electron chi connectivity index (χ1n) is 9.37. The number of hydrazone groups is 1. The number of rotatable bonds is 5. The van der Waals surface area contributed by atoms with Gasteiger partial charge in [-0.15, -0.1) is 0 Å². The molecule has 8 nitrogen and oxygen atoms in total. The van der Waals surface area contributed by atoms with Crippen LogP contribution in [0.2, 0.25) is 0 Å². The van der Waals surface area contributed by atoms with Crippen molar-refractivity contribution in [1.29, 1.82) is 0 Å². The first kappa shape index (κ1) is 19.4. The number of piperidine rings is 1. The number of sulfonamides is 1. The van der Waals surface area contributed by atoms with Crippen molar-refractivity contribution in [2.75, 3.05) is 19.9 Å². The second-order valence-corrected chi connectivity index (χ2v) is 8.74. The third kappa shape index (κ3) is 4.25. The summed E-state index contributed by atoms with van der Waals surface area (Å²) in [6, 6.07) is 11.3. The van der Waals surface area contributed by atoms with Crippen LogP contribution in [0.4, 0.5) is 0 Å². The fourth-order valence-electron chi connectivity index (χ4n) is 3.28. The highest BCUT2D eigenvalue weighted by atomic mass is 32.2. The molecule has 2 aromatic carbocycles. The van der Waals surface area contributed by atoms with Crippen molar-refractivity contribution in [3.8, 4) is 11.5 Å². The van der Waals surface area contributed by atoms with Crippen LogP contribution in [0.3, 0.4) is 0 Å². The predicted octanol–water partition coefficient (Wildman–Crippen LogP) is 2.35. The molecule has 0 aromatic heterocycles. The second-order valence-electron chi connectivity index (χ2n) is 6.80. The van der Waals surface area contributed by atoms with E-state index in [1.807, 2.05) is 0 Å². The molecule has 4 rings (SSSR count). The smallest absolute Gasteiger partial charge is 0.271 e. The number of hydrogen-bond acceptors (Lipinski definition) is 6. The summed E-state index contributed by atoms with van der Waals surface area (Å²) in [7, 11) is -3.60. The molecular formula is C20H21N3O5S. The van der Waals surface area contributed by atoms with Gasteiger partial charge in [-0.25, -0.2) is 13.8 Å². The third-order valence-electron chi connectivity index (χ3n) is 4.83. The van der Waals surface area contributed by atoms with E-state index >= 15 is 0 Å². The maximum Gasteiger partial charge on any atom is 0.271 e. The minimum absolute atomic E-state index is 0.117. The normalized spacial score (nSPS) is 16.8. The van der Waals surface area contributed by atoms with Gasteiger partial charge in [-0.3, -0.25) is 4.79 Å². The second kappa shape index (κ2) is 8.22. The maximum absolute atomic E-state index is 12.8. The molecule has 9 heteroatoms. The maximum atomic E-state index is 12.8. The summed E-state index contributed by atoms with van der Waals surface area (Å²) in [5.74, 6) is 0.798. The molecule has 29 heavy (non-hydrogen) atoms. The summed E-state index contributed by atoms with van der Waals surface area (Å²) >= 11 is 0. The van der Waals surface area contributed by atoms with E-state index in [0.29, 0.717) is 24.6 Å². The average molecular weight is 415 g/mol. The van der Waals surface area contributed by atoms with E-state index in [1.165, 1.54) is 22.7 Å². The third-order valence-corrected chi connectivity index (χ3v) is 6.72. The zero-order valence-corrected chi connectivity index (χ0v) is 16.5. The lowest BCUT2D eigenvalue weighted by Crippen LogP contribution is -2.35. The number of ether oxygens (including phenoxy) is 2.